The first-order chi connectivity index (χ1) is 11.3. The van der Waals surface area contributed by atoms with Crippen molar-refractivity contribution in [2.24, 2.45) is 0 Å². The number of hydrogen-bond donors (Lipinski definition) is 0. The standard InChI is InChI=1S/C20H41ClOS/c1-2-3-4-5-6-7-8-9-10-11-12-13-14-15-16-17-18-19-20-23(21)22/h2-20H2,1H3. The zero-order valence-corrected chi connectivity index (χ0v) is 17.2. The van der Waals surface area contributed by atoms with Crippen LogP contribution in [0.1, 0.15) is 122 Å². The van der Waals surface area contributed by atoms with E-state index < -0.39 is 10.0 Å². The van der Waals surface area contributed by atoms with Gasteiger partial charge in [0.2, 0.25) is 0 Å². The lowest BCUT2D eigenvalue weighted by Gasteiger charge is -2.03. The lowest BCUT2D eigenvalue weighted by molar-refractivity contribution is 0.526. The highest BCUT2D eigenvalue weighted by Crippen LogP contribution is 2.14. The van der Waals surface area contributed by atoms with Crippen LogP contribution in [0.4, 0.5) is 0 Å². The molecular formula is C20H41ClOS. The summed E-state index contributed by atoms with van der Waals surface area (Å²) in [5, 5.41) is 0. The number of hydrogen-bond acceptors (Lipinski definition) is 1. The molecule has 1 atom stereocenters. The zero-order chi connectivity index (χ0) is 17.0. The first-order valence-corrected chi connectivity index (χ1v) is 12.5. The highest BCUT2D eigenvalue weighted by atomic mass is 35.7. The van der Waals surface area contributed by atoms with Gasteiger partial charge in [-0.3, -0.25) is 0 Å². The summed E-state index contributed by atoms with van der Waals surface area (Å²) in [6, 6.07) is 0. The molecule has 0 aromatic rings. The predicted octanol–water partition coefficient (Wildman–Crippen LogP) is 7.93. The van der Waals surface area contributed by atoms with Crippen LogP contribution >= 0.6 is 10.7 Å². The Labute approximate surface area is 153 Å². The quantitative estimate of drug-likeness (QED) is 0.168. The molecule has 0 bridgehead atoms. The maximum Gasteiger partial charge on any atom is 0.114 e. The molecule has 0 N–H and O–H groups in total. The van der Waals surface area contributed by atoms with E-state index in [2.05, 4.69) is 6.92 Å². The average Bonchev–Trinajstić information content (AvgIpc) is 2.53. The maximum absolute atomic E-state index is 10.7. The summed E-state index contributed by atoms with van der Waals surface area (Å²) < 4.78 is 10.7. The van der Waals surface area contributed by atoms with E-state index in [4.69, 9.17) is 10.7 Å². The molecule has 0 saturated carbocycles. The first-order valence-electron chi connectivity index (χ1n) is 10.3. The van der Waals surface area contributed by atoms with Crippen molar-refractivity contribution in [1.29, 1.82) is 0 Å². The van der Waals surface area contributed by atoms with Crippen LogP contribution in [0.3, 0.4) is 0 Å². The van der Waals surface area contributed by atoms with Crippen LogP contribution in [0, 0.1) is 0 Å². The molecular weight excluding hydrogens is 324 g/mol. The minimum Gasteiger partial charge on any atom is -0.243 e. The van der Waals surface area contributed by atoms with Gasteiger partial charge in [-0.1, -0.05) is 116 Å². The zero-order valence-electron chi connectivity index (χ0n) is 15.6. The van der Waals surface area contributed by atoms with E-state index in [1.165, 1.54) is 109 Å². The molecule has 23 heavy (non-hydrogen) atoms. The van der Waals surface area contributed by atoms with Crippen LogP contribution in [0.2, 0.25) is 0 Å². The lowest BCUT2D eigenvalue weighted by atomic mass is 10.0. The van der Waals surface area contributed by atoms with Gasteiger partial charge in [0.25, 0.3) is 0 Å². The third-order valence-corrected chi connectivity index (χ3v) is 5.73. The summed E-state index contributed by atoms with van der Waals surface area (Å²) in [5.74, 6) is 0.667. The Hall–Kier alpha value is 0.440. The van der Waals surface area contributed by atoms with Crippen molar-refractivity contribution < 1.29 is 4.21 Å². The Morgan fingerprint density at radius 3 is 1.04 bits per heavy atom. The molecule has 0 aliphatic heterocycles. The van der Waals surface area contributed by atoms with Gasteiger partial charge in [-0.15, -0.1) is 0 Å². The number of rotatable bonds is 19. The van der Waals surface area contributed by atoms with Crippen molar-refractivity contribution in [2.45, 2.75) is 122 Å². The van der Waals surface area contributed by atoms with Gasteiger partial charge in [-0.25, -0.2) is 4.21 Å². The molecule has 0 spiro atoms. The molecule has 0 aromatic carbocycles. The van der Waals surface area contributed by atoms with Crippen LogP contribution in [-0.2, 0) is 10.0 Å². The Morgan fingerprint density at radius 2 is 0.783 bits per heavy atom. The lowest BCUT2D eigenvalue weighted by Crippen LogP contribution is -1.89. The van der Waals surface area contributed by atoms with Crippen LogP contribution < -0.4 is 0 Å². The second-order valence-corrected chi connectivity index (χ2v) is 9.03. The summed E-state index contributed by atoms with van der Waals surface area (Å²) >= 11 is 0. The van der Waals surface area contributed by atoms with Crippen molar-refractivity contribution in [3.63, 3.8) is 0 Å². The summed E-state index contributed by atoms with van der Waals surface area (Å²) in [7, 11) is 4.31. The predicted molar refractivity (Wildman–Crippen MR) is 108 cm³/mol. The molecule has 1 unspecified atom stereocenters. The monoisotopic (exact) mass is 364 g/mol. The van der Waals surface area contributed by atoms with E-state index in [0.717, 1.165) is 6.42 Å². The number of unbranched alkanes of at least 4 members (excludes halogenated alkanes) is 17. The average molecular weight is 365 g/mol. The fourth-order valence-electron chi connectivity index (χ4n) is 3.12. The van der Waals surface area contributed by atoms with Gasteiger partial charge in [0.05, 0.1) is 0 Å². The Bertz CT molecular complexity index is 246. The highest BCUT2D eigenvalue weighted by Gasteiger charge is 1.96. The minimum atomic E-state index is -1.11. The van der Waals surface area contributed by atoms with Crippen LogP contribution in [-0.4, -0.2) is 9.96 Å². The third kappa shape index (κ3) is 22.4. The molecule has 0 fully saturated rings. The summed E-state index contributed by atoms with van der Waals surface area (Å²) in [6.45, 7) is 2.29. The summed E-state index contributed by atoms with van der Waals surface area (Å²) in [5.41, 5.74) is 0. The van der Waals surface area contributed by atoms with Gasteiger partial charge < -0.3 is 0 Å². The molecule has 0 amide bonds. The molecule has 0 radical (unpaired) electrons. The summed E-state index contributed by atoms with van der Waals surface area (Å²) in [4.78, 5) is 0. The van der Waals surface area contributed by atoms with Crippen molar-refractivity contribution in [3.05, 3.63) is 0 Å². The maximum atomic E-state index is 10.7. The van der Waals surface area contributed by atoms with E-state index in [1.807, 2.05) is 0 Å². The molecule has 3 heteroatoms. The van der Waals surface area contributed by atoms with Crippen molar-refractivity contribution in [3.8, 4) is 0 Å². The molecule has 1 nitrogen and oxygen atoms in total. The molecule has 0 rings (SSSR count). The van der Waals surface area contributed by atoms with Crippen molar-refractivity contribution >= 4 is 20.7 Å². The first kappa shape index (κ1) is 23.4. The molecule has 140 valence electrons. The van der Waals surface area contributed by atoms with Gasteiger partial charge in [0.15, 0.2) is 0 Å². The second kappa shape index (κ2) is 20.5. The van der Waals surface area contributed by atoms with Crippen molar-refractivity contribution in [2.75, 3.05) is 5.75 Å². The van der Waals surface area contributed by atoms with Crippen LogP contribution in [0.25, 0.3) is 0 Å². The third-order valence-electron chi connectivity index (χ3n) is 4.66. The molecule has 0 saturated heterocycles. The largest absolute Gasteiger partial charge is 0.243 e. The van der Waals surface area contributed by atoms with Crippen LogP contribution in [0.15, 0.2) is 0 Å². The van der Waals surface area contributed by atoms with Crippen LogP contribution in [0.5, 0.6) is 0 Å². The fraction of sp³-hybridized carbons (Fsp3) is 1.00. The molecule has 0 aliphatic carbocycles. The van der Waals surface area contributed by atoms with Gasteiger partial charge in [-0.05, 0) is 17.1 Å². The van der Waals surface area contributed by atoms with Gasteiger partial charge >= 0.3 is 0 Å². The normalized spacial score (nSPS) is 12.6. The molecule has 0 aliphatic rings. The van der Waals surface area contributed by atoms with Gasteiger partial charge in [0.1, 0.15) is 10.0 Å². The fourth-order valence-corrected chi connectivity index (χ4v) is 3.88. The van der Waals surface area contributed by atoms with Gasteiger partial charge in [0, 0.05) is 5.75 Å². The number of halogens is 1. The Balaban J connectivity index is 2.96. The van der Waals surface area contributed by atoms with E-state index in [1.54, 1.807) is 0 Å². The minimum absolute atomic E-state index is 0.667. The summed E-state index contributed by atoms with van der Waals surface area (Å²) in [6.07, 6.45) is 24.9. The van der Waals surface area contributed by atoms with Gasteiger partial charge in [-0.2, -0.15) is 0 Å². The van der Waals surface area contributed by atoms with E-state index in [0.29, 0.717) is 5.75 Å². The SMILES string of the molecule is CCCCCCCCCCCCCCCCCCCCS(=O)Cl. The van der Waals surface area contributed by atoms with E-state index in [9.17, 15) is 4.21 Å². The van der Waals surface area contributed by atoms with Crippen molar-refractivity contribution in [1.82, 2.24) is 0 Å². The Morgan fingerprint density at radius 1 is 0.522 bits per heavy atom. The van der Waals surface area contributed by atoms with E-state index >= 15 is 0 Å². The smallest absolute Gasteiger partial charge is 0.114 e. The van der Waals surface area contributed by atoms with E-state index in [-0.39, 0.29) is 0 Å². The topological polar surface area (TPSA) is 17.1 Å². The Kier molecular flexibility index (Phi) is 20.9. The molecule has 0 aromatic heterocycles. The highest BCUT2D eigenvalue weighted by molar-refractivity contribution is 8.08. The second-order valence-electron chi connectivity index (χ2n) is 7.00. The molecule has 0 heterocycles.